The van der Waals surface area contributed by atoms with Gasteiger partial charge >= 0.3 is 0 Å². The minimum absolute atomic E-state index is 0. The zero-order valence-electron chi connectivity index (χ0n) is 8.85. The molecule has 0 aliphatic rings. The van der Waals surface area contributed by atoms with Gasteiger partial charge < -0.3 is 9.11 Å². The van der Waals surface area contributed by atoms with Crippen molar-refractivity contribution in [3.8, 4) is 0 Å². The van der Waals surface area contributed by atoms with Crippen molar-refractivity contribution in [1.29, 1.82) is 0 Å². The second kappa shape index (κ2) is 6.72. The van der Waals surface area contributed by atoms with Crippen LogP contribution in [0.5, 0.6) is 0 Å². The molecule has 1 aromatic carbocycles. The predicted octanol–water partition coefficient (Wildman–Crippen LogP) is 0.403. The van der Waals surface area contributed by atoms with E-state index in [4.69, 9.17) is 13.7 Å². The third kappa shape index (κ3) is 4.21. The summed E-state index contributed by atoms with van der Waals surface area (Å²) in [6.07, 6.45) is 0. The van der Waals surface area contributed by atoms with Crippen LogP contribution in [0.1, 0.15) is 5.56 Å². The summed E-state index contributed by atoms with van der Waals surface area (Å²) in [4.78, 5) is -1.50. The smallest absolute Gasteiger partial charge is 0.294 e. The number of benzene rings is 1. The third-order valence-corrected chi connectivity index (χ3v) is 4.45. The number of aryl methyl sites for hydroxylation is 1. The van der Waals surface area contributed by atoms with E-state index >= 15 is 0 Å². The Morgan fingerprint density at radius 2 is 1.44 bits per heavy atom. The van der Waals surface area contributed by atoms with Gasteiger partial charge in [0.05, 0.1) is 14.7 Å². The molecular formula is C7H8O7S3U. The number of hydrogen-bond acceptors (Lipinski definition) is 4. The molecule has 0 amide bonds. The summed E-state index contributed by atoms with van der Waals surface area (Å²) in [5, 5.41) is 0. The van der Waals surface area contributed by atoms with E-state index in [0.717, 1.165) is 6.07 Å². The molecule has 0 spiro atoms. The molecule has 100 valence electrons. The molecule has 11 heteroatoms. The van der Waals surface area contributed by atoms with E-state index in [1.165, 1.54) is 6.92 Å². The molecule has 7 nitrogen and oxygen atoms in total. The molecule has 0 heterocycles. The predicted molar refractivity (Wildman–Crippen MR) is 59.1 cm³/mol. The Labute approximate surface area is 132 Å². The van der Waals surface area contributed by atoms with Gasteiger partial charge in [0.1, 0.15) is 0 Å². The van der Waals surface area contributed by atoms with E-state index in [-0.39, 0.29) is 41.6 Å². The van der Waals surface area contributed by atoms with Gasteiger partial charge in [-0.05, 0) is 24.6 Å². The zero-order chi connectivity index (χ0) is 13.4. The molecule has 2 atom stereocenters. The van der Waals surface area contributed by atoms with Gasteiger partial charge in [0.25, 0.3) is 10.1 Å². The van der Waals surface area contributed by atoms with E-state index < -0.39 is 42.1 Å². The van der Waals surface area contributed by atoms with Gasteiger partial charge in [0.2, 0.25) is 0 Å². The first-order chi connectivity index (χ1) is 7.64. The molecule has 0 aliphatic carbocycles. The monoisotopic (exact) mass is 538 g/mol. The average Bonchev–Trinajstić information content (AvgIpc) is 2.14. The topological polar surface area (TPSA) is 129 Å². The fourth-order valence-electron chi connectivity index (χ4n) is 1.19. The first-order valence-electron chi connectivity index (χ1n) is 3.98. The van der Waals surface area contributed by atoms with Crippen molar-refractivity contribution in [3.63, 3.8) is 0 Å². The molecule has 2 unspecified atom stereocenters. The van der Waals surface area contributed by atoms with Crippen LogP contribution >= 0.6 is 0 Å². The van der Waals surface area contributed by atoms with Crippen LogP contribution in [0.2, 0.25) is 0 Å². The van der Waals surface area contributed by atoms with Crippen LogP contribution in [-0.4, -0.2) is 30.5 Å². The molecule has 0 aliphatic heterocycles. The van der Waals surface area contributed by atoms with Crippen LogP contribution in [0.3, 0.4) is 0 Å². The Morgan fingerprint density at radius 3 is 1.78 bits per heavy atom. The maximum atomic E-state index is 10.9. The van der Waals surface area contributed by atoms with Crippen molar-refractivity contribution in [1.82, 2.24) is 0 Å². The standard InChI is InChI=1S/C7H8O7S3.U/c1-4-2-5(15(8)9)6(16(10)11)3-7(4)17(12,13)14;/h2-3H,1H3,(H,8,9)(H,10,11)(H,12,13,14);. The molecule has 18 heavy (non-hydrogen) atoms. The summed E-state index contributed by atoms with van der Waals surface area (Å²) in [5.41, 5.74) is -0.000833. The summed E-state index contributed by atoms with van der Waals surface area (Å²) in [7, 11) is -4.56. The summed E-state index contributed by atoms with van der Waals surface area (Å²) in [6.45, 7) is 1.28. The Hall–Kier alpha value is 0.402. The Bertz CT molecular complexity index is 610. The van der Waals surface area contributed by atoms with E-state index in [2.05, 4.69) is 0 Å². The van der Waals surface area contributed by atoms with Crippen molar-refractivity contribution in [2.24, 2.45) is 0 Å². The van der Waals surface area contributed by atoms with Crippen LogP contribution in [0.4, 0.5) is 0 Å². The molecular weight excluding hydrogens is 530 g/mol. The van der Waals surface area contributed by atoms with Crippen LogP contribution in [0.25, 0.3) is 0 Å². The third-order valence-electron chi connectivity index (χ3n) is 1.90. The van der Waals surface area contributed by atoms with Crippen molar-refractivity contribution < 1.29 is 61.6 Å². The van der Waals surface area contributed by atoms with Crippen molar-refractivity contribution in [2.45, 2.75) is 21.6 Å². The largest absolute Gasteiger partial charge is 0.302 e. The van der Waals surface area contributed by atoms with Gasteiger partial charge in [-0.25, -0.2) is 8.42 Å². The Morgan fingerprint density at radius 1 is 1.06 bits per heavy atom. The molecule has 0 radical (unpaired) electrons. The summed E-state index contributed by atoms with van der Waals surface area (Å²) in [5.74, 6) is 0. The molecule has 3 N–H and O–H groups in total. The Kier molecular flexibility index (Phi) is 6.87. The quantitative estimate of drug-likeness (QED) is 0.376. The molecule has 0 aromatic heterocycles. The van der Waals surface area contributed by atoms with Gasteiger partial charge in [-0.2, -0.15) is 8.42 Å². The average molecular weight is 538 g/mol. The van der Waals surface area contributed by atoms with Gasteiger partial charge in [0, 0.05) is 31.1 Å². The minimum Gasteiger partial charge on any atom is -0.302 e. The summed E-state index contributed by atoms with van der Waals surface area (Å²) >= 11 is -5.18. The van der Waals surface area contributed by atoms with Crippen LogP contribution in [0.15, 0.2) is 26.8 Å². The first kappa shape index (κ1) is 18.4. The first-order valence-corrected chi connectivity index (χ1v) is 7.63. The van der Waals surface area contributed by atoms with Crippen LogP contribution in [-0.2, 0) is 32.3 Å². The summed E-state index contributed by atoms with van der Waals surface area (Å²) < 4.78 is 70.3. The second-order valence-electron chi connectivity index (χ2n) is 3.04. The molecule has 0 fully saturated rings. The second-order valence-corrected chi connectivity index (χ2v) is 6.30. The van der Waals surface area contributed by atoms with Crippen molar-refractivity contribution in [3.05, 3.63) is 17.7 Å². The molecule has 0 saturated carbocycles. The number of hydrogen-bond donors (Lipinski definition) is 3. The fourth-order valence-corrected chi connectivity index (χ4v) is 3.39. The van der Waals surface area contributed by atoms with E-state index in [1.54, 1.807) is 0 Å². The van der Waals surface area contributed by atoms with E-state index in [9.17, 15) is 16.8 Å². The maximum absolute atomic E-state index is 10.9. The normalized spacial score (nSPS) is 14.7. The SMILES string of the molecule is Cc1cc(S(=O)O)c(S(=O)O)cc1S(=O)(=O)O.[U]. The van der Waals surface area contributed by atoms with Gasteiger partial charge in [-0.1, -0.05) is 0 Å². The van der Waals surface area contributed by atoms with Crippen molar-refractivity contribution >= 4 is 32.3 Å². The maximum Gasteiger partial charge on any atom is 0.294 e. The number of rotatable bonds is 3. The zero-order valence-corrected chi connectivity index (χ0v) is 15.5. The molecule has 0 bridgehead atoms. The van der Waals surface area contributed by atoms with Crippen LogP contribution in [0, 0.1) is 38.0 Å². The van der Waals surface area contributed by atoms with Crippen molar-refractivity contribution in [2.75, 3.05) is 0 Å². The minimum atomic E-state index is -4.56. The fraction of sp³-hybridized carbons (Fsp3) is 0.143. The van der Waals surface area contributed by atoms with E-state index in [0.29, 0.717) is 6.07 Å². The van der Waals surface area contributed by atoms with Crippen LogP contribution < -0.4 is 0 Å². The molecule has 1 rings (SSSR count). The molecule has 0 saturated heterocycles. The summed E-state index contributed by atoms with van der Waals surface area (Å²) in [6, 6.07) is 1.66. The Balaban J connectivity index is 0.00000289. The van der Waals surface area contributed by atoms with Gasteiger partial charge in [0.15, 0.2) is 22.2 Å². The van der Waals surface area contributed by atoms with E-state index in [1.807, 2.05) is 0 Å². The van der Waals surface area contributed by atoms with Gasteiger partial charge in [-0.15, -0.1) is 0 Å². The van der Waals surface area contributed by atoms with Gasteiger partial charge in [-0.3, -0.25) is 4.55 Å². The molecule has 1 aromatic rings.